The molecule has 0 aliphatic carbocycles. The van der Waals surface area contributed by atoms with Crippen molar-refractivity contribution in [3.63, 3.8) is 0 Å². The maximum Gasteiger partial charge on any atom is 0.340 e. The second-order valence-corrected chi connectivity index (χ2v) is 8.15. The van der Waals surface area contributed by atoms with Gasteiger partial charge in [0, 0.05) is 44.0 Å². The zero-order valence-corrected chi connectivity index (χ0v) is 16.6. The van der Waals surface area contributed by atoms with Gasteiger partial charge in [0.05, 0.1) is 5.56 Å². The number of hydrogen-bond donors (Lipinski definition) is 2. The van der Waals surface area contributed by atoms with Crippen LogP contribution in [0.4, 0.5) is 0 Å². The van der Waals surface area contributed by atoms with E-state index in [2.05, 4.69) is 21.2 Å². The van der Waals surface area contributed by atoms with Crippen molar-refractivity contribution in [2.45, 2.75) is 10.5 Å². The van der Waals surface area contributed by atoms with Crippen LogP contribution in [0.25, 0.3) is 0 Å². The van der Waals surface area contributed by atoms with Gasteiger partial charge in [0.2, 0.25) is 0 Å². The topological polar surface area (TPSA) is 76.0 Å². The molecule has 0 aromatic heterocycles. The quantitative estimate of drug-likeness (QED) is 0.365. The van der Waals surface area contributed by atoms with E-state index in [0.717, 1.165) is 0 Å². The molecule has 134 valence electrons. The molecule has 0 bridgehead atoms. The van der Waals surface area contributed by atoms with Crippen LogP contribution in [0.5, 0.6) is 23.0 Å². The fourth-order valence-corrected chi connectivity index (χ4v) is 5.41. The molecule has 2 heterocycles. The first-order chi connectivity index (χ1) is 13.1. The molecule has 0 saturated carbocycles. The molecule has 2 aliphatic rings. The lowest BCUT2D eigenvalue weighted by atomic mass is 9.77. The molecule has 2 N–H and O–H groups in total. The summed E-state index contributed by atoms with van der Waals surface area (Å²) in [6.45, 7) is 0. The van der Waals surface area contributed by atoms with Gasteiger partial charge >= 0.3 is 5.97 Å². The second-order valence-electron chi connectivity index (χ2n) is 6.27. The van der Waals surface area contributed by atoms with Crippen LogP contribution in [-0.2, 0) is 10.3 Å². The summed E-state index contributed by atoms with van der Waals surface area (Å²) in [5.74, 6) is 0.480. The number of ether oxygens (including phenoxy) is 2. The minimum absolute atomic E-state index is 0.0359. The first-order valence-electron chi connectivity index (χ1n) is 8.05. The Morgan fingerprint density at radius 2 is 1.74 bits per heavy atom. The Labute approximate surface area is 170 Å². The SMILES string of the molecule is O=C1OC2(c3ccc(O)cc3Oc3c2ccc(O)c3SI)c2ccccc21. The highest BCUT2D eigenvalue weighted by Crippen LogP contribution is 2.59. The molecule has 0 fully saturated rings. The smallest absolute Gasteiger partial charge is 0.340 e. The van der Waals surface area contributed by atoms with Crippen molar-refractivity contribution in [2.24, 2.45) is 0 Å². The van der Waals surface area contributed by atoms with E-state index in [1.54, 1.807) is 30.3 Å². The van der Waals surface area contributed by atoms with E-state index >= 15 is 0 Å². The van der Waals surface area contributed by atoms with E-state index in [1.807, 2.05) is 12.1 Å². The summed E-state index contributed by atoms with van der Waals surface area (Å²) in [6.07, 6.45) is 0. The third kappa shape index (κ3) is 2.15. The van der Waals surface area contributed by atoms with Crippen molar-refractivity contribution < 1.29 is 24.5 Å². The lowest BCUT2D eigenvalue weighted by molar-refractivity contribution is 0.0222. The van der Waals surface area contributed by atoms with Gasteiger partial charge < -0.3 is 19.7 Å². The number of aromatic hydroxyl groups is 2. The van der Waals surface area contributed by atoms with E-state index in [9.17, 15) is 15.0 Å². The van der Waals surface area contributed by atoms with Gasteiger partial charge in [0.25, 0.3) is 0 Å². The van der Waals surface area contributed by atoms with Crippen molar-refractivity contribution in [1.29, 1.82) is 0 Å². The molecule has 5 nitrogen and oxygen atoms in total. The van der Waals surface area contributed by atoms with E-state index in [1.165, 1.54) is 21.1 Å². The van der Waals surface area contributed by atoms with Gasteiger partial charge in [0.15, 0.2) is 11.4 Å². The Morgan fingerprint density at radius 3 is 2.56 bits per heavy atom. The summed E-state index contributed by atoms with van der Waals surface area (Å²) < 4.78 is 12.1. The summed E-state index contributed by atoms with van der Waals surface area (Å²) >= 11 is 2.07. The molecule has 1 unspecified atom stereocenters. The minimum Gasteiger partial charge on any atom is -0.508 e. The van der Waals surface area contributed by atoms with Crippen LogP contribution in [-0.4, -0.2) is 16.2 Å². The number of esters is 1. The van der Waals surface area contributed by atoms with Gasteiger partial charge in [-0.15, -0.1) is 0 Å². The predicted molar refractivity (Wildman–Crippen MR) is 108 cm³/mol. The molecule has 7 heteroatoms. The number of phenols is 2. The van der Waals surface area contributed by atoms with Crippen LogP contribution in [0.3, 0.4) is 0 Å². The Morgan fingerprint density at radius 1 is 0.963 bits per heavy atom. The van der Waals surface area contributed by atoms with Gasteiger partial charge in [-0.2, -0.15) is 0 Å². The van der Waals surface area contributed by atoms with Crippen molar-refractivity contribution >= 4 is 36.1 Å². The highest BCUT2D eigenvalue weighted by Gasteiger charge is 2.54. The first-order valence-corrected chi connectivity index (χ1v) is 11.4. The zero-order chi connectivity index (χ0) is 18.8. The van der Waals surface area contributed by atoms with Crippen LogP contribution in [0, 0.1) is 0 Å². The van der Waals surface area contributed by atoms with Gasteiger partial charge in [0.1, 0.15) is 22.1 Å². The first kappa shape index (κ1) is 16.8. The Hall–Kier alpha value is -2.39. The highest BCUT2D eigenvalue weighted by atomic mass is 127. The van der Waals surface area contributed by atoms with Crippen LogP contribution in [0.15, 0.2) is 59.5 Å². The maximum atomic E-state index is 12.7. The van der Waals surface area contributed by atoms with E-state index in [0.29, 0.717) is 38.6 Å². The third-order valence-corrected chi connectivity index (χ3v) is 6.75. The van der Waals surface area contributed by atoms with Crippen molar-refractivity contribution in [1.82, 2.24) is 0 Å². The molecule has 3 aromatic carbocycles. The van der Waals surface area contributed by atoms with Gasteiger partial charge in [-0.1, -0.05) is 18.2 Å². The van der Waals surface area contributed by atoms with Crippen LogP contribution < -0.4 is 4.74 Å². The molecule has 5 rings (SSSR count). The lowest BCUT2D eigenvalue weighted by Crippen LogP contribution is -2.33. The molecule has 1 atom stereocenters. The number of carbonyl (C=O) groups excluding carboxylic acids is 1. The van der Waals surface area contributed by atoms with Crippen molar-refractivity contribution in [3.05, 3.63) is 76.9 Å². The molecule has 27 heavy (non-hydrogen) atoms. The van der Waals surface area contributed by atoms with Crippen LogP contribution in [0.2, 0.25) is 0 Å². The molecule has 0 amide bonds. The fraction of sp³-hybridized carbons (Fsp3) is 0.0500. The van der Waals surface area contributed by atoms with E-state index in [4.69, 9.17) is 9.47 Å². The molecule has 1 spiro atoms. The Kier molecular flexibility index (Phi) is 3.60. The van der Waals surface area contributed by atoms with E-state index < -0.39 is 11.6 Å². The molecule has 3 aromatic rings. The molecular weight excluding hydrogens is 479 g/mol. The van der Waals surface area contributed by atoms with Crippen molar-refractivity contribution in [2.75, 3.05) is 0 Å². The largest absolute Gasteiger partial charge is 0.508 e. The average Bonchev–Trinajstić information content (AvgIpc) is 2.95. The number of fused-ring (bicyclic) bond motifs is 6. The zero-order valence-electron chi connectivity index (χ0n) is 13.6. The molecule has 2 aliphatic heterocycles. The van der Waals surface area contributed by atoms with Crippen LogP contribution in [0.1, 0.15) is 27.0 Å². The lowest BCUT2D eigenvalue weighted by Gasteiger charge is -2.37. The standard InChI is InChI=1S/C20H11IO5S/c21-27-18-15(23)8-7-14-17(18)25-16-9-10(22)5-6-13(16)20(14)12-4-2-1-3-11(12)19(24)26-20/h1-9,22-23H. The minimum atomic E-state index is -1.20. The van der Waals surface area contributed by atoms with Crippen molar-refractivity contribution in [3.8, 4) is 23.0 Å². The summed E-state index contributed by atoms with van der Waals surface area (Å²) in [4.78, 5) is 13.2. The Balaban J connectivity index is 1.93. The number of carbonyl (C=O) groups is 1. The third-order valence-electron chi connectivity index (χ3n) is 4.88. The van der Waals surface area contributed by atoms with Gasteiger partial charge in [-0.25, -0.2) is 4.79 Å². The van der Waals surface area contributed by atoms with E-state index in [-0.39, 0.29) is 11.5 Å². The van der Waals surface area contributed by atoms with Gasteiger partial charge in [-0.05, 0) is 39.3 Å². The Bertz CT molecular complexity index is 1130. The number of halogens is 1. The normalized spacial score (nSPS) is 19.1. The molecule has 0 radical (unpaired) electrons. The maximum absolute atomic E-state index is 12.7. The summed E-state index contributed by atoms with van der Waals surface area (Å²) in [7, 11) is 1.31. The summed E-state index contributed by atoms with van der Waals surface area (Å²) in [6, 6.07) is 15.3. The number of hydrogen-bond acceptors (Lipinski definition) is 6. The van der Waals surface area contributed by atoms with Gasteiger partial charge in [-0.3, -0.25) is 0 Å². The number of benzene rings is 3. The van der Waals surface area contributed by atoms with Crippen LogP contribution >= 0.6 is 30.1 Å². The summed E-state index contributed by atoms with van der Waals surface area (Å²) in [5, 5.41) is 20.2. The summed E-state index contributed by atoms with van der Waals surface area (Å²) in [5.41, 5.74) is 1.26. The number of phenolic OH excluding ortho intramolecular Hbond substituents is 2. The molecule has 0 saturated heterocycles. The highest BCUT2D eigenvalue weighted by molar-refractivity contribution is 14.2. The average molecular weight is 490 g/mol. The predicted octanol–water partition coefficient (Wildman–Crippen LogP) is 5.11. The second kappa shape index (κ2) is 5.80. The molecular formula is C20H11IO5S. The number of rotatable bonds is 1. The fourth-order valence-electron chi connectivity index (χ4n) is 3.76. The monoisotopic (exact) mass is 490 g/mol.